The van der Waals surface area contributed by atoms with Crippen molar-refractivity contribution in [2.75, 3.05) is 5.73 Å². The van der Waals surface area contributed by atoms with Crippen molar-refractivity contribution in [2.24, 2.45) is 0 Å². The second-order valence-electron chi connectivity index (χ2n) is 3.93. The van der Waals surface area contributed by atoms with Crippen LogP contribution in [0.15, 0.2) is 18.2 Å². The van der Waals surface area contributed by atoms with Gasteiger partial charge in [0, 0.05) is 5.56 Å². The van der Waals surface area contributed by atoms with Gasteiger partial charge in [0.25, 0.3) is 0 Å². The SMILES string of the molecule is Nc1cccc(-c2nnnn2CC(F)(F)C(F)F)c1Cl. The Kier molecular flexibility index (Phi) is 3.80. The van der Waals surface area contributed by atoms with Crippen molar-refractivity contribution < 1.29 is 17.6 Å². The highest BCUT2D eigenvalue weighted by Crippen LogP contribution is 2.32. The first kappa shape index (κ1) is 14.5. The Labute approximate surface area is 115 Å². The van der Waals surface area contributed by atoms with Crippen LogP contribution in [-0.4, -0.2) is 32.6 Å². The number of nitrogens with zero attached hydrogens (tertiary/aromatic N) is 4. The van der Waals surface area contributed by atoms with Crippen LogP contribution in [-0.2, 0) is 6.54 Å². The fraction of sp³-hybridized carbons (Fsp3) is 0.300. The Morgan fingerprint density at radius 2 is 2.05 bits per heavy atom. The molecule has 0 bridgehead atoms. The summed E-state index contributed by atoms with van der Waals surface area (Å²) in [6.07, 6.45) is -3.82. The Hall–Kier alpha value is -1.90. The normalized spacial score (nSPS) is 12.1. The standard InChI is InChI=1S/C10H8ClF4N5/c11-7-5(2-1-3-6(7)16)8-17-18-19-20(8)4-10(14,15)9(12)13/h1-3,9H,4,16H2. The number of nitrogen functional groups attached to an aromatic ring is 1. The van der Waals surface area contributed by atoms with Gasteiger partial charge in [0.1, 0.15) is 6.54 Å². The van der Waals surface area contributed by atoms with Crippen molar-refractivity contribution in [3.63, 3.8) is 0 Å². The molecule has 20 heavy (non-hydrogen) atoms. The van der Waals surface area contributed by atoms with Crippen LogP contribution in [0, 0.1) is 0 Å². The molecule has 0 spiro atoms. The second kappa shape index (κ2) is 5.23. The number of rotatable bonds is 4. The van der Waals surface area contributed by atoms with Crippen molar-refractivity contribution in [3.05, 3.63) is 23.2 Å². The highest BCUT2D eigenvalue weighted by molar-refractivity contribution is 6.35. The molecule has 10 heteroatoms. The van der Waals surface area contributed by atoms with Gasteiger partial charge in [-0.25, -0.2) is 13.5 Å². The smallest absolute Gasteiger partial charge is 0.326 e. The Morgan fingerprint density at radius 1 is 1.35 bits per heavy atom. The molecule has 0 amide bonds. The van der Waals surface area contributed by atoms with Gasteiger partial charge in [-0.1, -0.05) is 17.7 Å². The number of aromatic nitrogens is 4. The number of anilines is 1. The lowest BCUT2D eigenvalue weighted by molar-refractivity contribution is -0.139. The van der Waals surface area contributed by atoms with Gasteiger partial charge in [-0.2, -0.15) is 8.78 Å². The first-order valence-corrected chi connectivity index (χ1v) is 5.67. The van der Waals surface area contributed by atoms with Gasteiger partial charge in [0.05, 0.1) is 10.7 Å². The summed E-state index contributed by atoms with van der Waals surface area (Å²) in [5.41, 5.74) is 5.95. The maximum Gasteiger partial charge on any atom is 0.326 e. The molecular weight excluding hydrogens is 302 g/mol. The Bertz CT molecular complexity index is 615. The Balaban J connectivity index is 2.41. The molecule has 5 nitrogen and oxygen atoms in total. The van der Waals surface area contributed by atoms with E-state index in [1.165, 1.54) is 18.2 Å². The van der Waals surface area contributed by atoms with E-state index in [4.69, 9.17) is 17.3 Å². The van der Waals surface area contributed by atoms with Crippen LogP contribution in [0.3, 0.4) is 0 Å². The molecule has 0 radical (unpaired) electrons. The van der Waals surface area contributed by atoms with Gasteiger partial charge < -0.3 is 5.73 Å². The van der Waals surface area contributed by atoms with E-state index in [9.17, 15) is 17.6 Å². The maximum atomic E-state index is 13.1. The number of benzene rings is 1. The fourth-order valence-corrected chi connectivity index (χ4v) is 1.71. The number of nitrogens with two attached hydrogens (primary N) is 1. The van der Waals surface area contributed by atoms with Crippen molar-refractivity contribution in [3.8, 4) is 11.4 Å². The lowest BCUT2D eigenvalue weighted by Crippen LogP contribution is -2.32. The third-order valence-electron chi connectivity index (χ3n) is 2.48. The molecule has 0 aliphatic heterocycles. The lowest BCUT2D eigenvalue weighted by Gasteiger charge is -2.15. The van der Waals surface area contributed by atoms with E-state index in [0.29, 0.717) is 4.68 Å². The summed E-state index contributed by atoms with van der Waals surface area (Å²) in [6.45, 7) is -1.36. The molecule has 1 heterocycles. The minimum Gasteiger partial charge on any atom is -0.398 e. The van der Waals surface area contributed by atoms with E-state index in [0.717, 1.165) is 0 Å². The summed E-state index contributed by atoms with van der Waals surface area (Å²) in [4.78, 5) is 0. The van der Waals surface area contributed by atoms with Crippen LogP contribution in [0.2, 0.25) is 5.02 Å². The van der Waals surface area contributed by atoms with E-state index in [1.807, 2.05) is 0 Å². The molecule has 108 valence electrons. The van der Waals surface area contributed by atoms with Gasteiger partial charge in [-0.05, 0) is 22.6 Å². The number of halogens is 5. The minimum absolute atomic E-state index is 0.0592. The van der Waals surface area contributed by atoms with Crippen LogP contribution in [0.5, 0.6) is 0 Å². The number of alkyl halides is 4. The summed E-state index contributed by atoms with van der Waals surface area (Å²) in [7, 11) is 0. The zero-order valence-corrected chi connectivity index (χ0v) is 10.5. The number of hydrogen-bond acceptors (Lipinski definition) is 4. The van der Waals surface area contributed by atoms with Crippen LogP contribution in [0.4, 0.5) is 23.2 Å². The molecule has 0 unspecified atom stereocenters. The third kappa shape index (κ3) is 2.67. The highest BCUT2D eigenvalue weighted by Gasteiger charge is 2.42. The summed E-state index contributed by atoms with van der Waals surface area (Å²) in [5.74, 6) is -4.42. The lowest BCUT2D eigenvalue weighted by atomic mass is 10.2. The van der Waals surface area contributed by atoms with Gasteiger partial charge in [-0.3, -0.25) is 0 Å². The van der Waals surface area contributed by atoms with Gasteiger partial charge >= 0.3 is 12.3 Å². The van der Waals surface area contributed by atoms with Gasteiger partial charge in [0.15, 0.2) is 5.82 Å². The molecule has 1 aromatic heterocycles. The highest BCUT2D eigenvalue weighted by atomic mass is 35.5. The van der Waals surface area contributed by atoms with E-state index < -0.39 is 18.9 Å². The van der Waals surface area contributed by atoms with E-state index in [-0.39, 0.29) is 22.1 Å². The predicted molar refractivity (Wildman–Crippen MR) is 63.6 cm³/mol. The molecule has 0 aliphatic rings. The van der Waals surface area contributed by atoms with Gasteiger partial charge in [-0.15, -0.1) is 5.10 Å². The van der Waals surface area contributed by atoms with Crippen LogP contribution in [0.1, 0.15) is 0 Å². The average Bonchev–Trinajstić information content (AvgIpc) is 2.80. The zero-order valence-electron chi connectivity index (χ0n) is 9.77. The summed E-state index contributed by atoms with van der Waals surface area (Å²) in [6, 6.07) is 4.45. The minimum atomic E-state index is -4.25. The number of tetrazole rings is 1. The molecule has 2 aromatic rings. The quantitative estimate of drug-likeness (QED) is 0.696. The van der Waals surface area contributed by atoms with Crippen LogP contribution >= 0.6 is 11.6 Å². The molecular formula is C10H8ClF4N5. The second-order valence-corrected chi connectivity index (χ2v) is 4.31. The first-order valence-electron chi connectivity index (χ1n) is 5.29. The fourth-order valence-electron chi connectivity index (χ4n) is 1.50. The Morgan fingerprint density at radius 3 is 2.70 bits per heavy atom. The topological polar surface area (TPSA) is 69.6 Å². The average molecular weight is 310 g/mol. The molecule has 1 aromatic carbocycles. The number of hydrogen-bond donors (Lipinski definition) is 1. The van der Waals surface area contributed by atoms with Gasteiger partial charge in [0.2, 0.25) is 0 Å². The molecule has 0 aliphatic carbocycles. The van der Waals surface area contributed by atoms with Crippen LogP contribution < -0.4 is 5.73 Å². The molecule has 0 atom stereocenters. The predicted octanol–water partition coefficient (Wildman–Crippen LogP) is 2.48. The van der Waals surface area contributed by atoms with Crippen molar-refractivity contribution in [1.29, 1.82) is 0 Å². The molecule has 0 fully saturated rings. The first-order chi connectivity index (χ1) is 9.33. The monoisotopic (exact) mass is 309 g/mol. The van der Waals surface area contributed by atoms with E-state index in [2.05, 4.69) is 15.5 Å². The molecule has 2 N–H and O–H groups in total. The van der Waals surface area contributed by atoms with Crippen molar-refractivity contribution in [2.45, 2.75) is 18.9 Å². The molecule has 0 saturated carbocycles. The third-order valence-corrected chi connectivity index (χ3v) is 2.90. The van der Waals surface area contributed by atoms with E-state index in [1.54, 1.807) is 0 Å². The summed E-state index contributed by atoms with van der Waals surface area (Å²) in [5, 5.41) is 10.0. The maximum absolute atomic E-state index is 13.1. The van der Waals surface area contributed by atoms with E-state index >= 15 is 0 Å². The van der Waals surface area contributed by atoms with Crippen LogP contribution in [0.25, 0.3) is 11.4 Å². The van der Waals surface area contributed by atoms with Crippen molar-refractivity contribution >= 4 is 17.3 Å². The molecule has 2 rings (SSSR count). The zero-order chi connectivity index (χ0) is 14.9. The summed E-state index contributed by atoms with van der Waals surface area (Å²) < 4.78 is 51.1. The molecule has 0 saturated heterocycles. The van der Waals surface area contributed by atoms with Crippen molar-refractivity contribution in [1.82, 2.24) is 20.2 Å². The summed E-state index contributed by atoms with van der Waals surface area (Å²) >= 11 is 5.92. The largest absolute Gasteiger partial charge is 0.398 e.